The van der Waals surface area contributed by atoms with E-state index in [0.29, 0.717) is 5.62 Å². The Labute approximate surface area is 95.4 Å². The summed E-state index contributed by atoms with van der Waals surface area (Å²) in [6, 6.07) is 9.93. The summed E-state index contributed by atoms with van der Waals surface area (Å²) in [6.45, 7) is 0. The van der Waals surface area contributed by atoms with Gasteiger partial charge in [-0.3, -0.25) is 4.67 Å². The number of para-hydroxylation sites is 1. The number of rotatable bonds is 4. The fourth-order valence-electron chi connectivity index (χ4n) is 0.951. The van der Waals surface area contributed by atoms with Crippen LogP contribution in [0, 0.1) is 0 Å². The Morgan fingerprint density at radius 1 is 1.36 bits per heavy atom. The largest absolute Gasteiger partial charge is 0.345 e. The van der Waals surface area contributed by atoms with Crippen LogP contribution in [0.3, 0.4) is 0 Å². The highest BCUT2D eigenvalue weighted by molar-refractivity contribution is 8.14. The van der Waals surface area contributed by atoms with E-state index in [0.717, 1.165) is 5.69 Å². The maximum atomic E-state index is 5.89. The van der Waals surface area contributed by atoms with E-state index in [1.165, 1.54) is 0 Å². The zero-order valence-electron chi connectivity index (χ0n) is 8.27. The van der Waals surface area contributed by atoms with E-state index in [-0.39, 0.29) is 0 Å². The van der Waals surface area contributed by atoms with Crippen molar-refractivity contribution in [3.8, 4) is 0 Å². The predicted molar refractivity (Wildman–Crippen MR) is 68.8 cm³/mol. The zero-order valence-corrected chi connectivity index (χ0v) is 10.7. The van der Waals surface area contributed by atoms with Crippen molar-refractivity contribution in [1.29, 1.82) is 0 Å². The average Bonchev–Trinajstić information content (AvgIpc) is 2.19. The second-order valence-electron chi connectivity index (χ2n) is 3.15. The molecule has 0 aliphatic carbocycles. The molecule has 0 aliphatic rings. The standard InChI is InChI=1S/C9H14ClN2PS/c1-12(2)13(14,8-10)11-9-6-4-3-5-7-9/h3-7H,8H2,1-2H3,(H,11,14)/t13-/m0/s1. The van der Waals surface area contributed by atoms with E-state index in [4.69, 9.17) is 23.4 Å². The molecular weight excluding hydrogens is 235 g/mol. The molecule has 0 saturated carbocycles. The van der Waals surface area contributed by atoms with Gasteiger partial charge in [0.05, 0.1) is 5.62 Å². The van der Waals surface area contributed by atoms with Crippen LogP contribution in [0.5, 0.6) is 0 Å². The fourth-order valence-corrected chi connectivity index (χ4v) is 3.11. The van der Waals surface area contributed by atoms with Crippen molar-refractivity contribution in [2.75, 3.05) is 24.8 Å². The van der Waals surface area contributed by atoms with E-state index in [2.05, 4.69) is 5.09 Å². The lowest BCUT2D eigenvalue weighted by molar-refractivity contribution is 0.680. The summed E-state index contributed by atoms with van der Waals surface area (Å²) in [5.41, 5.74) is 1.50. The van der Waals surface area contributed by atoms with Crippen LogP contribution in [-0.2, 0) is 11.8 Å². The predicted octanol–water partition coefficient (Wildman–Crippen LogP) is 3.17. The van der Waals surface area contributed by atoms with Crippen LogP contribution in [0.15, 0.2) is 30.3 Å². The molecule has 0 aliphatic heterocycles. The molecular formula is C9H14ClN2PS. The van der Waals surface area contributed by atoms with Crippen molar-refractivity contribution in [1.82, 2.24) is 4.67 Å². The van der Waals surface area contributed by atoms with Gasteiger partial charge in [0, 0.05) is 5.69 Å². The van der Waals surface area contributed by atoms with Crippen LogP contribution < -0.4 is 5.09 Å². The molecule has 0 bridgehead atoms. The molecule has 1 aromatic carbocycles. The van der Waals surface area contributed by atoms with Crippen molar-refractivity contribution in [3.05, 3.63) is 30.3 Å². The van der Waals surface area contributed by atoms with Crippen molar-refractivity contribution >= 4 is 35.4 Å². The molecule has 0 aromatic heterocycles. The molecule has 1 atom stereocenters. The van der Waals surface area contributed by atoms with Crippen LogP contribution in [0.1, 0.15) is 0 Å². The van der Waals surface area contributed by atoms with Gasteiger partial charge < -0.3 is 5.09 Å². The molecule has 1 rings (SSSR count). The number of anilines is 1. The highest BCUT2D eigenvalue weighted by atomic mass is 35.5. The lowest BCUT2D eigenvalue weighted by Gasteiger charge is -2.28. The number of alkyl halides is 1. The monoisotopic (exact) mass is 248 g/mol. The minimum absolute atomic E-state index is 0.463. The van der Waals surface area contributed by atoms with Gasteiger partial charge in [-0.2, -0.15) is 0 Å². The molecule has 1 N–H and O–H groups in total. The second-order valence-corrected chi connectivity index (χ2v) is 8.34. The third kappa shape index (κ3) is 2.96. The molecule has 1 aromatic rings. The van der Waals surface area contributed by atoms with Gasteiger partial charge in [-0.1, -0.05) is 30.0 Å². The van der Waals surface area contributed by atoms with Crippen molar-refractivity contribution in [2.45, 2.75) is 0 Å². The van der Waals surface area contributed by atoms with Gasteiger partial charge in [-0.05, 0) is 26.2 Å². The molecule has 0 heterocycles. The molecule has 0 saturated heterocycles. The lowest BCUT2D eigenvalue weighted by Crippen LogP contribution is -2.15. The van der Waals surface area contributed by atoms with Crippen LogP contribution >= 0.6 is 17.9 Å². The summed E-state index contributed by atoms with van der Waals surface area (Å²) < 4.78 is 2.00. The average molecular weight is 249 g/mol. The quantitative estimate of drug-likeness (QED) is 0.651. The van der Waals surface area contributed by atoms with Gasteiger partial charge in [0.2, 0.25) is 0 Å². The van der Waals surface area contributed by atoms with Crippen LogP contribution in [0.2, 0.25) is 0 Å². The zero-order chi connectivity index (χ0) is 10.6. The summed E-state index contributed by atoms with van der Waals surface area (Å²) in [4.78, 5) is 0. The van der Waals surface area contributed by atoms with Gasteiger partial charge in [-0.25, -0.2) is 0 Å². The third-order valence-corrected chi connectivity index (χ3v) is 7.21. The highest BCUT2D eigenvalue weighted by Crippen LogP contribution is 2.48. The molecule has 0 radical (unpaired) electrons. The van der Waals surface area contributed by atoms with Gasteiger partial charge in [0.25, 0.3) is 0 Å². The maximum Gasteiger partial charge on any atom is 0.112 e. The molecule has 5 heteroatoms. The van der Waals surface area contributed by atoms with E-state index in [9.17, 15) is 0 Å². The van der Waals surface area contributed by atoms with E-state index < -0.39 is 6.34 Å². The smallest absolute Gasteiger partial charge is 0.112 e. The minimum atomic E-state index is -1.81. The van der Waals surface area contributed by atoms with E-state index in [1.54, 1.807) is 0 Å². The first kappa shape index (κ1) is 12.0. The molecule has 0 fully saturated rings. The van der Waals surface area contributed by atoms with E-state index in [1.807, 2.05) is 49.1 Å². The molecule has 0 spiro atoms. The first-order chi connectivity index (χ1) is 6.58. The van der Waals surface area contributed by atoms with Crippen LogP contribution in [-0.4, -0.2) is 24.4 Å². The number of hydrogen-bond acceptors (Lipinski definition) is 1. The Morgan fingerprint density at radius 2 is 1.93 bits per heavy atom. The van der Waals surface area contributed by atoms with Crippen molar-refractivity contribution < 1.29 is 0 Å². The van der Waals surface area contributed by atoms with Gasteiger partial charge in [0.1, 0.15) is 6.34 Å². The minimum Gasteiger partial charge on any atom is -0.345 e. The number of benzene rings is 1. The number of nitrogens with one attached hydrogen (secondary N) is 1. The van der Waals surface area contributed by atoms with E-state index >= 15 is 0 Å². The summed E-state index contributed by atoms with van der Waals surface area (Å²) in [7, 11) is 3.91. The Hall–Kier alpha value is -0.0800. The Balaban J connectivity index is 2.81. The van der Waals surface area contributed by atoms with Crippen LogP contribution in [0.4, 0.5) is 5.69 Å². The summed E-state index contributed by atoms with van der Waals surface area (Å²) in [5.74, 6) is 0. The number of hydrogen-bond donors (Lipinski definition) is 1. The number of nitrogens with zero attached hydrogens (tertiary/aromatic N) is 1. The molecule has 78 valence electrons. The maximum absolute atomic E-state index is 5.89. The Morgan fingerprint density at radius 3 is 2.36 bits per heavy atom. The summed E-state index contributed by atoms with van der Waals surface area (Å²) in [6.07, 6.45) is -1.81. The van der Waals surface area contributed by atoms with Gasteiger partial charge in [0.15, 0.2) is 0 Å². The van der Waals surface area contributed by atoms with Gasteiger partial charge >= 0.3 is 0 Å². The normalized spacial score (nSPS) is 15.1. The summed E-state index contributed by atoms with van der Waals surface area (Å²) >= 11 is 11.4. The second kappa shape index (κ2) is 5.13. The number of halogens is 1. The topological polar surface area (TPSA) is 15.3 Å². The molecule has 0 amide bonds. The first-order valence-electron chi connectivity index (χ1n) is 4.24. The lowest BCUT2D eigenvalue weighted by atomic mass is 10.3. The Kier molecular flexibility index (Phi) is 4.39. The third-order valence-electron chi connectivity index (χ3n) is 1.89. The van der Waals surface area contributed by atoms with Crippen molar-refractivity contribution in [2.24, 2.45) is 0 Å². The van der Waals surface area contributed by atoms with Crippen molar-refractivity contribution in [3.63, 3.8) is 0 Å². The first-order valence-corrected chi connectivity index (χ1v) is 7.72. The molecule has 14 heavy (non-hydrogen) atoms. The van der Waals surface area contributed by atoms with Crippen LogP contribution in [0.25, 0.3) is 0 Å². The molecule has 2 nitrogen and oxygen atoms in total. The SMILES string of the molecule is CN(C)[P@](=S)(CCl)Nc1ccccc1. The fraction of sp³-hybridized carbons (Fsp3) is 0.333. The highest BCUT2D eigenvalue weighted by Gasteiger charge is 2.17. The van der Waals surface area contributed by atoms with Gasteiger partial charge in [-0.15, -0.1) is 11.6 Å². The molecule has 0 unspecified atom stereocenters. The summed E-state index contributed by atoms with van der Waals surface area (Å²) in [5, 5.41) is 3.32. The Bertz CT molecular complexity index is 329.